The fourth-order valence-electron chi connectivity index (χ4n) is 3.14. The number of aromatic nitrogens is 1. The highest BCUT2D eigenvalue weighted by molar-refractivity contribution is 7.11. The zero-order valence-corrected chi connectivity index (χ0v) is 19.4. The number of hydrogen-bond acceptors (Lipinski definition) is 6. The lowest BCUT2D eigenvalue weighted by Crippen LogP contribution is -2.29. The first-order chi connectivity index (χ1) is 14.4. The minimum atomic E-state index is -1.16. The Hall–Kier alpha value is -2.54. The second kappa shape index (κ2) is 9.73. The van der Waals surface area contributed by atoms with Crippen LogP contribution in [0.25, 0.3) is 0 Å². The lowest BCUT2D eigenvalue weighted by molar-refractivity contribution is 0.0779. The van der Waals surface area contributed by atoms with Crippen LogP contribution in [0, 0.1) is 17.1 Å². The van der Waals surface area contributed by atoms with Crippen molar-refractivity contribution in [3.63, 3.8) is 0 Å². The van der Waals surface area contributed by atoms with Crippen LogP contribution in [0.4, 0.5) is 14.9 Å². The second-order valence-corrected chi connectivity index (χ2v) is 9.53. The summed E-state index contributed by atoms with van der Waals surface area (Å²) in [5.74, 6) is -0.924. The van der Waals surface area contributed by atoms with Gasteiger partial charge in [0.05, 0.1) is 30.1 Å². The molecule has 0 atom stereocenters. The maximum absolute atomic E-state index is 14.9. The first-order valence-electron chi connectivity index (χ1n) is 10.0. The van der Waals surface area contributed by atoms with Crippen molar-refractivity contribution in [2.24, 2.45) is 0 Å². The van der Waals surface area contributed by atoms with E-state index in [1.54, 1.807) is 27.7 Å². The number of aliphatic hydroxyl groups excluding tert-OH is 1. The van der Waals surface area contributed by atoms with Crippen LogP contribution in [0.5, 0.6) is 0 Å². The number of rotatable bonds is 7. The quantitative estimate of drug-likeness (QED) is 0.499. The number of nitrogens with zero attached hydrogens (tertiary/aromatic N) is 2. The molecule has 2 amide bonds. The Labute approximate surface area is 186 Å². The summed E-state index contributed by atoms with van der Waals surface area (Å²) in [6, 6.07) is 2.82. The highest BCUT2D eigenvalue weighted by Gasteiger charge is 2.25. The third-order valence-corrected chi connectivity index (χ3v) is 6.16. The molecule has 4 N–H and O–H groups in total. The molecule has 0 aliphatic rings. The van der Waals surface area contributed by atoms with E-state index in [-0.39, 0.29) is 36.1 Å². The molecule has 0 bridgehead atoms. The number of amides is 2. The Morgan fingerprint density at radius 2 is 1.97 bits per heavy atom. The van der Waals surface area contributed by atoms with Crippen molar-refractivity contribution in [2.45, 2.75) is 72.1 Å². The number of aliphatic hydroxyl groups is 2. The van der Waals surface area contributed by atoms with Gasteiger partial charge in [0, 0.05) is 10.4 Å². The van der Waals surface area contributed by atoms with Gasteiger partial charge in [0.15, 0.2) is 0 Å². The lowest BCUT2D eigenvalue weighted by atomic mass is 9.90. The van der Waals surface area contributed by atoms with Crippen LogP contribution in [-0.2, 0) is 18.8 Å². The SMILES string of the molecule is CC(C)c1cc(C#N)c(F)c(C(C)C)c1NC(=O)NCc1sc(C(C)(C)O)nc1CO. The standard InChI is InChI=1S/C22H29FN4O3S/c1-11(2)14-7-13(8-24)18(23)17(12(3)4)19(14)27-21(29)25-9-16-15(10-28)26-20(31-16)22(5,6)30/h7,11-12,28,30H,9-10H2,1-6H3,(H2,25,27,29). The second-order valence-electron chi connectivity index (χ2n) is 8.45. The summed E-state index contributed by atoms with van der Waals surface area (Å²) in [5, 5.41) is 34.9. The molecule has 2 rings (SSSR count). The number of thiazole rings is 1. The van der Waals surface area contributed by atoms with Crippen molar-refractivity contribution in [3.05, 3.63) is 44.2 Å². The minimum Gasteiger partial charge on any atom is -0.390 e. The van der Waals surface area contributed by atoms with E-state index in [0.29, 0.717) is 26.8 Å². The van der Waals surface area contributed by atoms with Crippen molar-refractivity contribution >= 4 is 23.1 Å². The van der Waals surface area contributed by atoms with Crippen LogP contribution in [0.15, 0.2) is 6.07 Å². The molecule has 0 radical (unpaired) electrons. The molecule has 31 heavy (non-hydrogen) atoms. The maximum atomic E-state index is 14.9. The Morgan fingerprint density at radius 3 is 2.45 bits per heavy atom. The van der Waals surface area contributed by atoms with E-state index in [2.05, 4.69) is 15.6 Å². The number of carbonyl (C=O) groups excluding carboxylic acids is 1. The third-order valence-electron chi connectivity index (χ3n) is 4.75. The smallest absolute Gasteiger partial charge is 0.319 e. The van der Waals surface area contributed by atoms with Gasteiger partial charge in [0.2, 0.25) is 0 Å². The summed E-state index contributed by atoms with van der Waals surface area (Å²) in [7, 11) is 0. The molecule has 0 unspecified atom stereocenters. The zero-order chi connectivity index (χ0) is 23.5. The third kappa shape index (κ3) is 5.58. The normalized spacial score (nSPS) is 11.7. The molecule has 0 spiro atoms. The van der Waals surface area contributed by atoms with Crippen molar-refractivity contribution in [3.8, 4) is 6.07 Å². The van der Waals surface area contributed by atoms with Crippen LogP contribution in [0.2, 0.25) is 0 Å². The first kappa shape index (κ1) is 24.7. The minimum absolute atomic E-state index is 0.0441. The molecule has 168 valence electrons. The highest BCUT2D eigenvalue weighted by atomic mass is 32.1. The fraction of sp³-hybridized carbons (Fsp3) is 0.500. The summed E-state index contributed by atoms with van der Waals surface area (Å²) in [4.78, 5) is 17.5. The number of hydrogen-bond donors (Lipinski definition) is 4. The van der Waals surface area contributed by atoms with Crippen LogP contribution < -0.4 is 10.6 Å². The van der Waals surface area contributed by atoms with Gasteiger partial charge in [0.1, 0.15) is 22.5 Å². The summed E-state index contributed by atoms with van der Waals surface area (Å²) >= 11 is 1.20. The largest absolute Gasteiger partial charge is 0.390 e. The number of nitrogens with one attached hydrogen (secondary N) is 2. The molecule has 1 aromatic carbocycles. The topological polar surface area (TPSA) is 118 Å². The number of benzene rings is 1. The molecule has 7 nitrogen and oxygen atoms in total. The van der Waals surface area contributed by atoms with E-state index < -0.39 is 17.4 Å². The van der Waals surface area contributed by atoms with Gasteiger partial charge < -0.3 is 20.8 Å². The van der Waals surface area contributed by atoms with Gasteiger partial charge in [-0.05, 0) is 37.3 Å². The van der Waals surface area contributed by atoms with Gasteiger partial charge in [-0.3, -0.25) is 0 Å². The van der Waals surface area contributed by atoms with Gasteiger partial charge >= 0.3 is 6.03 Å². The summed E-state index contributed by atoms with van der Waals surface area (Å²) in [6.07, 6.45) is 0. The van der Waals surface area contributed by atoms with Gasteiger partial charge in [-0.25, -0.2) is 14.2 Å². The number of halogens is 1. The molecule has 1 aromatic heterocycles. The average Bonchev–Trinajstić information content (AvgIpc) is 3.09. The molecule has 0 saturated heterocycles. The average molecular weight is 449 g/mol. The number of anilines is 1. The summed E-state index contributed by atoms with van der Waals surface area (Å²) < 4.78 is 14.9. The van der Waals surface area contributed by atoms with Gasteiger partial charge in [-0.1, -0.05) is 27.7 Å². The Morgan fingerprint density at radius 1 is 1.32 bits per heavy atom. The van der Waals surface area contributed by atoms with Gasteiger partial charge in [-0.2, -0.15) is 5.26 Å². The molecular weight excluding hydrogens is 419 g/mol. The molecule has 9 heteroatoms. The van der Waals surface area contributed by atoms with Crippen LogP contribution in [0.1, 0.15) is 85.6 Å². The van der Waals surface area contributed by atoms with Gasteiger partial charge in [0.25, 0.3) is 0 Å². The first-order valence-corrected chi connectivity index (χ1v) is 10.9. The molecule has 1 heterocycles. The van der Waals surface area contributed by atoms with Crippen LogP contribution >= 0.6 is 11.3 Å². The molecule has 0 aliphatic heterocycles. The molecular formula is C22H29FN4O3S. The molecule has 0 saturated carbocycles. The monoisotopic (exact) mass is 448 g/mol. The lowest BCUT2D eigenvalue weighted by Gasteiger charge is -2.22. The van der Waals surface area contributed by atoms with Crippen molar-refractivity contribution in [1.82, 2.24) is 10.3 Å². The predicted octanol–water partition coefficient (Wildman–Crippen LogP) is 4.44. The van der Waals surface area contributed by atoms with Crippen molar-refractivity contribution in [2.75, 3.05) is 5.32 Å². The number of urea groups is 1. The van der Waals surface area contributed by atoms with E-state index >= 15 is 0 Å². The predicted molar refractivity (Wildman–Crippen MR) is 118 cm³/mol. The van der Waals surface area contributed by atoms with Crippen molar-refractivity contribution < 1.29 is 19.4 Å². The summed E-state index contributed by atoms with van der Waals surface area (Å²) in [6.45, 7) is 10.4. The summed E-state index contributed by atoms with van der Waals surface area (Å²) in [5.41, 5.74) is 0.509. The number of nitriles is 1. The molecule has 0 fully saturated rings. The Kier molecular flexibility index (Phi) is 7.76. The highest BCUT2D eigenvalue weighted by Crippen LogP contribution is 2.36. The molecule has 2 aromatic rings. The van der Waals surface area contributed by atoms with E-state index in [0.717, 1.165) is 0 Å². The maximum Gasteiger partial charge on any atom is 0.319 e. The zero-order valence-electron chi connectivity index (χ0n) is 18.6. The van der Waals surface area contributed by atoms with E-state index in [1.165, 1.54) is 17.4 Å². The Bertz CT molecular complexity index is 1000. The number of carbonyl (C=O) groups is 1. The van der Waals surface area contributed by atoms with Crippen LogP contribution in [0.3, 0.4) is 0 Å². The van der Waals surface area contributed by atoms with E-state index in [1.807, 2.05) is 19.9 Å². The molecule has 0 aliphatic carbocycles. The van der Waals surface area contributed by atoms with Crippen LogP contribution in [-0.4, -0.2) is 21.2 Å². The van der Waals surface area contributed by atoms with Gasteiger partial charge in [-0.15, -0.1) is 11.3 Å². The van der Waals surface area contributed by atoms with E-state index in [4.69, 9.17) is 0 Å². The van der Waals surface area contributed by atoms with E-state index in [9.17, 15) is 24.7 Å². The Balaban J connectivity index is 2.32. The van der Waals surface area contributed by atoms with Crippen molar-refractivity contribution in [1.29, 1.82) is 5.26 Å². The fourth-order valence-corrected chi connectivity index (χ4v) is 4.16.